The zero-order valence-corrected chi connectivity index (χ0v) is 16.3. The molecule has 15 heteroatoms. The Morgan fingerprint density at radius 1 is 1.13 bits per heavy atom. The maximum atomic E-state index is 12.9. The molecule has 1 aliphatic heterocycles. The van der Waals surface area contributed by atoms with Gasteiger partial charge in [0, 0.05) is 0 Å². The summed E-state index contributed by atoms with van der Waals surface area (Å²) in [6.07, 6.45) is -5.10. The van der Waals surface area contributed by atoms with Gasteiger partial charge in [0.05, 0.1) is 26.8 Å². The van der Waals surface area contributed by atoms with E-state index in [-0.39, 0.29) is 24.3 Å². The molecule has 1 aliphatic rings. The number of halogens is 3. The maximum Gasteiger partial charge on any atom is 0.573 e. The highest BCUT2D eigenvalue weighted by atomic mass is 32.2. The van der Waals surface area contributed by atoms with Crippen LogP contribution in [0.3, 0.4) is 0 Å². The molecule has 11 nitrogen and oxygen atoms in total. The van der Waals surface area contributed by atoms with Crippen molar-refractivity contribution in [2.75, 3.05) is 25.8 Å². The number of ether oxygens (including phenoxy) is 3. The Kier molecular flexibility index (Phi) is 5.58. The van der Waals surface area contributed by atoms with Crippen molar-refractivity contribution < 1.29 is 35.8 Å². The average molecular weight is 448 g/mol. The van der Waals surface area contributed by atoms with E-state index in [1.807, 2.05) is 0 Å². The van der Waals surface area contributed by atoms with Crippen molar-refractivity contribution in [3.8, 4) is 17.5 Å². The van der Waals surface area contributed by atoms with Crippen molar-refractivity contribution in [1.82, 2.24) is 19.9 Å². The van der Waals surface area contributed by atoms with Gasteiger partial charge in [-0.3, -0.25) is 5.41 Å². The molecule has 2 aromatic rings. The Labute approximate surface area is 168 Å². The summed E-state index contributed by atoms with van der Waals surface area (Å²) in [6.45, 7) is -0.322. The smallest absolute Gasteiger partial charge is 0.481 e. The first-order valence-electron chi connectivity index (χ1n) is 8.03. The highest BCUT2D eigenvalue weighted by Gasteiger charge is 2.40. The fourth-order valence-corrected chi connectivity index (χ4v) is 3.79. The van der Waals surface area contributed by atoms with Crippen molar-refractivity contribution >= 4 is 21.8 Å². The first kappa shape index (κ1) is 21.4. The van der Waals surface area contributed by atoms with Gasteiger partial charge in [0.15, 0.2) is 5.84 Å². The van der Waals surface area contributed by atoms with E-state index in [2.05, 4.69) is 20.2 Å². The van der Waals surface area contributed by atoms with Gasteiger partial charge in [-0.15, -0.1) is 18.7 Å². The molecule has 162 valence electrons. The Hall–Kier alpha value is -3.33. The summed E-state index contributed by atoms with van der Waals surface area (Å²) < 4.78 is 78.1. The average Bonchev–Trinajstić information content (AvgIpc) is 3.09. The SMILES string of the molecule is COc1cc(OC)nc(N2CC(=N)N(S(=O)(=O)c3ccccc3OC(F)(F)F)N2)n1. The lowest BCUT2D eigenvalue weighted by atomic mass is 10.3. The number of hydrazine groups is 2. The minimum Gasteiger partial charge on any atom is -0.481 e. The normalized spacial score (nSPS) is 14.8. The van der Waals surface area contributed by atoms with Crippen LogP contribution in [0.4, 0.5) is 19.1 Å². The van der Waals surface area contributed by atoms with E-state index in [0.717, 1.165) is 17.1 Å². The van der Waals surface area contributed by atoms with Crippen LogP contribution in [0.5, 0.6) is 17.5 Å². The van der Waals surface area contributed by atoms with Crippen LogP contribution in [-0.2, 0) is 10.0 Å². The van der Waals surface area contributed by atoms with Crippen molar-refractivity contribution in [1.29, 1.82) is 5.41 Å². The fraction of sp³-hybridized carbons (Fsp3) is 0.267. The number of sulfonamides is 1. The lowest BCUT2D eigenvalue weighted by molar-refractivity contribution is -0.275. The number of alkyl halides is 3. The number of nitrogens with one attached hydrogen (secondary N) is 2. The molecule has 30 heavy (non-hydrogen) atoms. The largest absolute Gasteiger partial charge is 0.573 e. The fourth-order valence-electron chi connectivity index (χ4n) is 2.43. The van der Waals surface area contributed by atoms with E-state index in [4.69, 9.17) is 14.9 Å². The Morgan fingerprint density at radius 2 is 1.73 bits per heavy atom. The molecule has 1 aromatic carbocycles. The van der Waals surface area contributed by atoms with Gasteiger partial charge in [-0.05, 0) is 12.1 Å². The lowest BCUT2D eigenvalue weighted by Gasteiger charge is -2.21. The van der Waals surface area contributed by atoms with Gasteiger partial charge in [-0.2, -0.15) is 22.8 Å². The van der Waals surface area contributed by atoms with Crippen LogP contribution in [0.15, 0.2) is 35.2 Å². The third-order valence-corrected chi connectivity index (χ3v) is 5.36. The summed E-state index contributed by atoms with van der Waals surface area (Å²) in [5.41, 5.74) is 2.37. The second kappa shape index (κ2) is 7.83. The standard InChI is InChI=1S/C15H15F3N6O5S/c1-27-12-7-13(28-2)21-14(20-12)23-8-11(19)24(22-23)30(25,26)10-6-4-3-5-9(10)29-15(16,17)18/h3-7,19,22H,8H2,1-2H3. The zero-order valence-electron chi connectivity index (χ0n) is 15.5. The third kappa shape index (κ3) is 4.30. The first-order chi connectivity index (χ1) is 14.0. The van der Waals surface area contributed by atoms with Gasteiger partial charge in [-0.25, -0.2) is 5.01 Å². The predicted molar refractivity (Wildman–Crippen MR) is 95.5 cm³/mol. The molecule has 2 heterocycles. The summed E-state index contributed by atoms with van der Waals surface area (Å²) in [7, 11) is -1.96. The third-order valence-electron chi connectivity index (χ3n) is 3.68. The molecule has 2 N–H and O–H groups in total. The van der Waals surface area contributed by atoms with Crippen LogP contribution in [0.1, 0.15) is 0 Å². The van der Waals surface area contributed by atoms with Crippen molar-refractivity contribution in [2.45, 2.75) is 11.3 Å². The highest BCUT2D eigenvalue weighted by molar-refractivity contribution is 7.89. The molecule has 1 fully saturated rings. The molecule has 0 aliphatic carbocycles. The number of para-hydroxylation sites is 1. The molecule has 0 unspecified atom stereocenters. The number of methoxy groups -OCH3 is 2. The summed E-state index contributed by atoms with van der Waals surface area (Å²) in [6, 6.07) is 5.58. The van der Waals surface area contributed by atoms with Crippen LogP contribution < -0.4 is 24.8 Å². The molecule has 0 saturated carbocycles. The molecular formula is C15H15F3N6O5S. The van der Waals surface area contributed by atoms with Gasteiger partial charge < -0.3 is 14.2 Å². The number of hydrogen-bond acceptors (Lipinski definition) is 10. The van der Waals surface area contributed by atoms with Gasteiger partial charge >= 0.3 is 6.36 Å². The predicted octanol–water partition coefficient (Wildman–Crippen LogP) is 1.30. The molecule has 1 aromatic heterocycles. The van der Waals surface area contributed by atoms with E-state index in [1.165, 1.54) is 32.4 Å². The lowest BCUT2D eigenvalue weighted by Crippen LogP contribution is -2.44. The molecule has 0 amide bonds. The van der Waals surface area contributed by atoms with Crippen molar-refractivity contribution in [2.24, 2.45) is 0 Å². The Bertz CT molecular complexity index is 1040. The summed E-state index contributed by atoms with van der Waals surface area (Å²) in [5, 5.41) is 9.08. The molecular weight excluding hydrogens is 433 g/mol. The molecule has 0 radical (unpaired) electrons. The number of benzene rings is 1. The molecule has 0 bridgehead atoms. The Balaban J connectivity index is 1.94. The minimum absolute atomic E-state index is 0.0894. The van der Waals surface area contributed by atoms with Crippen molar-refractivity contribution in [3.05, 3.63) is 30.3 Å². The van der Waals surface area contributed by atoms with Crippen LogP contribution in [0.25, 0.3) is 0 Å². The van der Waals surface area contributed by atoms with Crippen LogP contribution >= 0.6 is 0 Å². The number of amidine groups is 1. The minimum atomic E-state index is -5.10. The van der Waals surface area contributed by atoms with Crippen LogP contribution in [-0.4, -0.2) is 55.8 Å². The number of hydrogen-bond donors (Lipinski definition) is 2. The number of aromatic nitrogens is 2. The quantitative estimate of drug-likeness (QED) is 0.672. The van der Waals surface area contributed by atoms with Crippen LogP contribution in [0.2, 0.25) is 0 Å². The van der Waals surface area contributed by atoms with Crippen LogP contribution in [0, 0.1) is 5.41 Å². The number of nitrogens with zero attached hydrogens (tertiary/aromatic N) is 4. The monoisotopic (exact) mass is 448 g/mol. The molecule has 3 rings (SSSR count). The molecule has 0 spiro atoms. The summed E-state index contributed by atoms with van der Waals surface area (Å²) in [5.74, 6) is -1.31. The van der Waals surface area contributed by atoms with Gasteiger partial charge in [0.2, 0.25) is 17.7 Å². The van der Waals surface area contributed by atoms with Crippen molar-refractivity contribution in [3.63, 3.8) is 0 Å². The van der Waals surface area contributed by atoms with Gasteiger partial charge in [-0.1, -0.05) is 12.1 Å². The zero-order chi connectivity index (χ0) is 22.1. The van der Waals surface area contributed by atoms with E-state index < -0.39 is 32.9 Å². The summed E-state index contributed by atoms with van der Waals surface area (Å²) in [4.78, 5) is 7.27. The second-order valence-corrected chi connectivity index (χ2v) is 7.40. The number of anilines is 1. The van der Waals surface area contributed by atoms with E-state index in [9.17, 15) is 21.6 Å². The molecule has 0 atom stereocenters. The first-order valence-corrected chi connectivity index (χ1v) is 9.47. The number of rotatable bonds is 6. The summed E-state index contributed by atoms with van der Waals surface area (Å²) >= 11 is 0. The highest BCUT2D eigenvalue weighted by Crippen LogP contribution is 2.32. The topological polar surface area (TPSA) is 130 Å². The van der Waals surface area contributed by atoms with E-state index >= 15 is 0 Å². The maximum absolute atomic E-state index is 12.9. The van der Waals surface area contributed by atoms with E-state index in [0.29, 0.717) is 4.41 Å². The van der Waals surface area contributed by atoms with Gasteiger partial charge in [0.25, 0.3) is 10.0 Å². The Morgan fingerprint density at radius 3 is 2.30 bits per heavy atom. The van der Waals surface area contributed by atoms with E-state index in [1.54, 1.807) is 0 Å². The molecule has 1 saturated heterocycles. The van der Waals surface area contributed by atoms with Gasteiger partial charge in [0.1, 0.15) is 10.6 Å². The second-order valence-electron chi connectivity index (χ2n) is 5.65.